The highest BCUT2D eigenvalue weighted by atomic mass is 16.4. The summed E-state index contributed by atoms with van der Waals surface area (Å²) in [5.74, 6) is 0. The van der Waals surface area contributed by atoms with Crippen LogP contribution in [-0.2, 0) is 6.54 Å². The van der Waals surface area contributed by atoms with Crippen molar-refractivity contribution in [2.75, 3.05) is 39.1 Å². The number of hydrogen-bond donors (Lipinski definition) is 1. The molecule has 1 aliphatic rings. The molecule has 0 spiro atoms. The summed E-state index contributed by atoms with van der Waals surface area (Å²) in [5, 5.41) is 3.43. The zero-order chi connectivity index (χ0) is 12.3. The minimum absolute atomic E-state index is 0.708. The fraction of sp³-hybridized carbons (Fsp3) is 0.750. The van der Waals surface area contributed by atoms with E-state index in [2.05, 4.69) is 29.3 Å². The molecule has 0 aliphatic heterocycles. The normalized spacial score (nSPS) is 15.5. The predicted octanol–water partition coefficient (Wildman–Crippen LogP) is 0.924. The van der Waals surface area contributed by atoms with E-state index in [1.54, 1.807) is 6.26 Å². The minimum atomic E-state index is 0.708. The van der Waals surface area contributed by atoms with Crippen molar-refractivity contribution in [2.24, 2.45) is 0 Å². The maximum atomic E-state index is 5.47. The number of likely N-dealkylation sites (N-methyl/N-ethyl adjacent to an activating group) is 2. The summed E-state index contributed by atoms with van der Waals surface area (Å²) >= 11 is 0. The molecule has 1 aromatic heterocycles. The number of anilines is 1. The summed E-state index contributed by atoms with van der Waals surface area (Å²) in [5.41, 5.74) is 0.989. The van der Waals surface area contributed by atoms with Crippen LogP contribution in [-0.4, -0.2) is 50.2 Å². The summed E-state index contributed by atoms with van der Waals surface area (Å²) in [6.07, 6.45) is 4.35. The fourth-order valence-electron chi connectivity index (χ4n) is 1.53. The largest absolute Gasteiger partial charge is 0.432 e. The van der Waals surface area contributed by atoms with E-state index >= 15 is 0 Å². The summed E-state index contributed by atoms with van der Waals surface area (Å²) < 4.78 is 5.47. The monoisotopic (exact) mass is 238 g/mol. The number of rotatable bonds is 7. The third kappa shape index (κ3) is 4.02. The molecular weight excluding hydrogens is 216 g/mol. The van der Waals surface area contributed by atoms with Crippen LogP contribution in [0.2, 0.25) is 0 Å². The van der Waals surface area contributed by atoms with E-state index in [0.717, 1.165) is 25.3 Å². The molecule has 1 saturated carbocycles. The Labute approximate surface area is 103 Å². The molecule has 0 radical (unpaired) electrons. The second-order valence-corrected chi connectivity index (χ2v) is 5.00. The van der Waals surface area contributed by atoms with Gasteiger partial charge in [-0.1, -0.05) is 0 Å². The van der Waals surface area contributed by atoms with Crippen LogP contribution in [0.25, 0.3) is 0 Å². The number of oxazole rings is 1. The van der Waals surface area contributed by atoms with Gasteiger partial charge >= 0.3 is 0 Å². The molecule has 1 aliphatic carbocycles. The Morgan fingerprint density at radius 1 is 1.35 bits per heavy atom. The zero-order valence-electron chi connectivity index (χ0n) is 10.9. The van der Waals surface area contributed by atoms with Crippen LogP contribution in [0.1, 0.15) is 18.5 Å². The Hall–Kier alpha value is -1.07. The van der Waals surface area contributed by atoms with Gasteiger partial charge < -0.3 is 19.5 Å². The van der Waals surface area contributed by atoms with E-state index in [9.17, 15) is 0 Å². The third-order valence-corrected chi connectivity index (χ3v) is 2.90. The Balaban J connectivity index is 1.78. The second-order valence-electron chi connectivity index (χ2n) is 5.00. The first kappa shape index (κ1) is 12.4. The lowest BCUT2D eigenvalue weighted by Gasteiger charge is -2.17. The van der Waals surface area contributed by atoms with E-state index in [1.165, 1.54) is 12.8 Å². The van der Waals surface area contributed by atoms with Crippen molar-refractivity contribution >= 4 is 6.01 Å². The van der Waals surface area contributed by atoms with Crippen LogP contribution >= 0.6 is 0 Å². The quantitative estimate of drug-likeness (QED) is 0.765. The topological polar surface area (TPSA) is 44.5 Å². The Kier molecular flexibility index (Phi) is 4.02. The van der Waals surface area contributed by atoms with Crippen molar-refractivity contribution in [3.05, 3.63) is 12.0 Å². The molecule has 17 heavy (non-hydrogen) atoms. The van der Waals surface area contributed by atoms with E-state index < -0.39 is 0 Å². The highest BCUT2D eigenvalue weighted by Crippen LogP contribution is 2.19. The SMILES string of the molecule is CN(C)CCN(C)c1nc(CNC2CC2)co1. The average molecular weight is 238 g/mol. The summed E-state index contributed by atoms with van der Waals surface area (Å²) in [6.45, 7) is 2.73. The fourth-order valence-corrected chi connectivity index (χ4v) is 1.53. The Morgan fingerprint density at radius 3 is 2.76 bits per heavy atom. The molecule has 1 fully saturated rings. The molecule has 0 amide bonds. The standard InChI is InChI=1S/C12H22N4O/c1-15(2)6-7-16(3)12-14-11(9-17-12)8-13-10-4-5-10/h9-10,13H,4-8H2,1-3H3. The molecule has 1 N–H and O–H groups in total. The van der Waals surface area contributed by atoms with Gasteiger partial charge in [0.1, 0.15) is 6.26 Å². The van der Waals surface area contributed by atoms with Gasteiger partial charge in [-0.25, -0.2) is 0 Å². The van der Waals surface area contributed by atoms with Crippen molar-refractivity contribution in [1.82, 2.24) is 15.2 Å². The van der Waals surface area contributed by atoms with Crippen molar-refractivity contribution < 1.29 is 4.42 Å². The first-order valence-electron chi connectivity index (χ1n) is 6.19. The summed E-state index contributed by atoms with van der Waals surface area (Å²) in [6, 6.07) is 1.42. The van der Waals surface area contributed by atoms with Gasteiger partial charge in [0.05, 0.1) is 5.69 Å². The maximum Gasteiger partial charge on any atom is 0.297 e. The van der Waals surface area contributed by atoms with Gasteiger partial charge in [0, 0.05) is 32.7 Å². The van der Waals surface area contributed by atoms with E-state index in [4.69, 9.17) is 4.42 Å². The Morgan fingerprint density at radius 2 is 2.12 bits per heavy atom. The molecule has 96 valence electrons. The van der Waals surface area contributed by atoms with Crippen molar-refractivity contribution in [2.45, 2.75) is 25.4 Å². The van der Waals surface area contributed by atoms with Gasteiger partial charge in [-0.15, -0.1) is 0 Å². The summed E-state index contributed by atoms with van der Waals surface area (Å²) in [7, 11) is 6.14. The highest BCUT2D eigenvalue weighted by molar-refractivity contribution is 5.25. The molecule has 0 saturated heterocycles. The van der Waals surface area contributed by atoms with E-state index in [0.29, 0.717) is 12.1 Å². The molecule has 0 bridgehead atoms. The zero-order valence-corrected chi connectivity index (χ0v) is 10.9. The van der Waals surface area contributed by atoms with Crippen LogP contribution in [0.4, 0.5) is 6.01 Å². The van der Waals surface area contributed by atoms with E-state index in [-0.39, 0.29) is 0 Å². The van der Waals surface area contributed by atoms with Crippen LogP contribution in [0.5, 0.6) is 0 Å². The predicted molar refractivity (Wildman–Crippen MR) is 68.2 cm³/mol. The second kappa shape index (κ2) is 5.51. The van der Waals surface area contributed by atoms with Gasteiger partial charge in [-0.05, 0) is 26.9 Å². The molecule has 0 atom stereocenters. The molecule has 1 aromatic rings. The first-order valence-corrected chi connectivity index (χ1v) is 6.19. The molecule has 0 unspecified atom stereocenters. The molecule has 1 heterocycles. The number of nitrogens with zero attached hydrogens (tertiary/aromatic N) is 3. The first-order chi connectivity index (χ1) is 8.15. The number of hydrogen-bond acceptors (Lipinski definition) is 5. The lowest BCUT2D eigenvalue weighted by Crippen LogP contribution is -2.28. The lowest BCUT2D eigenvalue weighted by atomic mass is 10.4. The average Bonchev–Trinajstić information content (AvgIpc) is 3.00. The molecule has 5 heteroatoms. The van der Waals surface area contributed by atoms with Gasteiger partial charge in [-0.2, -0.15) is 4.98 Å². The lowest BCUT2D eigenvalue weighted by molar-refractivity contribution is 0.410. The molecule has 5 nitrogen and oxygen atoms in total. The van der Waals surface area contributed by atoms with Crippen LogP contribution in [0.15, 0.2) is 10.7 Å². The van der Waals surface area contributed by atoms with Crippen LogP contribution in [0.3, 0.4) is 0 Å². The molecular formula is C12H22N4O. The van der Waals surface area contributed by atoms with Gasteiger partial charge in [0.2, 0.25) is 0 Å². The van der Waals surface area contributed by atoms with Crippen LogP contribution < -0.4 is 10.2 Å². The maximum absolute atomic E-state index is 5.47. The van der Waals surface area contributed by atoms with Gasteiger partial charge in [0.25, 0.3) is 6.01 Å². The number of nitrogens with one attached hydrogen (secondary N) is 1. The summed E-state index contributed by atoms with van der Waals surface area (Å²) in [4.78, 5) is 8.66. The van der Waals surface area contributed by atoms with Crippen LogP contribution in [0, 0.1) is 0 Å². The molecule has 2 rings (SSSR count). The number of aromatic nitrogens is 1. The van der Waals surface area contributed by atoms with Crippen molar-refractivity contribution in [1.29, 1.82) is 0 Å². The van der Waals surface area contributed by atoms with Crippen molar-refractivity contribution in [3.63, 3.8) is 0 Å². The van der Waals surface area contributed by atoms with Crippen molar-refractivity contribution in [3.8, 4) is 0 Å². The van der Waals surface area contributed by atoms with E-state index in [1.807, 2.05) is 11.9 Å². The van der Waals surface area contributed by atoms with Gasteiger partial charge in [-0.3, -0.25) is 0 Å². The van der Waals surface area contributed by atoms with Gasteiger partial charge in [0.15, 0.2) is 0 Å². The highest BCUT2D eigenvalue weighted by Gasteiger charge is 2.20. The minimum Gasteiger partial charge on any atom is -0.432 e. The smallest absolute Gasteiger partial charge is 0.297 e. The molecule has 0 aromatic carbocycles. The Bertz CT molecular complexity index is 346. The third-order valence-electron chi connectivity index (χ3n) is 2.90.